The SMILES string of the molecule is CC(C)(C)OC(=O)N(c1ccc2c(c1)C=NC2)c1ccnc(-c2ccc3cc(C(=O)Cc4ccccn4)[nH]c3c2)n1. The molecule has 0 atom stereocenters. The lowest BCUT2D eigenvalue weighted by Gasteiger charge is -2.27. The largest absolute Gasteiger partial charge is 0.443 e. The molecule has 41 heavy (non-hydrogen) atoms. The van der Waals surface area contributed by atoms with E-state index >= 15 is 0 Å². The number of amides is 1. The number of aromatic nitrogens is 4. The van der Waals surface area contributed by atoms with Crippen molar-refractivity contribution in [3.8, 4) is 11.4 Å². The molecular formula is C32H28N6O3. The molecule has 9 heteroatoms. The quantitative estimate of drug-likeness (QED) is 0.246. The van der Waals surface area contributed by atoms with Gasteiger partial charge in [0.15, 0.2) is 11.6 Å². The second kappa shape index (κ2) is 10.4. The first kappa shape index (κ1) is 26.1. The third-order valence-corrected chi connectivity index (χ3v) is 6.57. The summed E-state index contributed by atoms with van der Waals surface area (Å²) in [6, 6.07) is 20.5. The number of benzene rings is 2. The molecule has 0 fully saturated rings. The Morgan fingerprint density at radius 3 is 2.66 bits per heavy atom. The summed E-state index contributed by atoms with van der Waals surface area (Å²) in [5, 5.41) is 0.893. The Morgan fingerprint density at radius 2 is 1.85 bits per heavy atom. The van der Waals surface area contributed by atoms with Gasteiger partial charge >= 0.3 is 6.09 Å². The minimum atomic E-state index is -0.701. The zero-order valence-corrected chi connectivity index (χ0v) is 23.0. The topological polar surface area (TPSA) is 113 Å². The summed E-state index contributed by atoms with van der Waals surface area (Å²) in [5.41, 5.74) is 4.70. The maximum absolute atomic E-state index is 13.4. The molecule has 1 amide bonds. The van der Waals surface area contributed by atoms with E-state index < -0.39 is 11.7 Å². The minimum Gasteiger partial charge on any atom is -0.443 e. The average molecular weight is 545 g/mol. The number of hydrogen-bond donors (Lipinski definition) is 1. The lowest BCUT2D eigenvalue weighted by Crippen LogP contribution is -2.34. The number of nitrogens with zero attached hydrogens (tertiary/aromatic N) is 5. The number of rotatable bonds is 6. The third kappa shape index (κ3) is 5.60. The molecule has 4 heterocycles. The fourth-order valence-corrected chi connectivity index (χ4v) is 4.66. The van der Waals surface area contributed by atoms with Crippen molar-refractivity contribution >= 4 is 40.5 Å². The Hall–Kier alpha value is -5.18. The van der Waals surface area contributed by atoms with Crippen molar-refractivity contribution in [2.75, 3.05) is 4.90 Å². The predicted molar refractivity (Wildman–Crippen MR) is 158 cm³/mol. The van der Waals surface area contributed by atoms with Crippen molar-refractivity contribution in [3.05, 3.63) is 102 Å². The summed E-state index contributed by atoms with van der Waals surface area (Å²) >= 11 is 0. The molecule has 2 aromatic carbocycles. The van der Waals surface area contributed by atoms with Crippen molar-refractivity contribution in [1.82, 2.24) is 19.9 Å². The summed E-state index contributed by atoms with van der Waals surface area (Å²) in [5.74, 6) is 0.751. The number of H-pyrrole nitrogens is 1. The van der Waals surface area contributed by atoms with Gasteiger partial charge in [-0.05, 0) is 74.4 Å². The molecule has 0 bridgehead atoms. The molecule has 204 valence electrons. The molecular weight excluding hydrogens is 516 g/mol. The number of carbonyl (C=O) groups excluding carboxylic acids is 2. The summed E-state index contributed by atoms with van der Waals surface area (Å²) in [6.45, 7) is 6.09. The minimum absolute atomic E-state index is 0.0490. The van der Waals surface area contributed by atoms with Gasteiger partial charge in [-0.25, -0.2) is 19.7 Å². The van der Waals surface area contributed by atoms with E-state index in [0.717, 1.165) is 27.6 Å². The molecule has 0 spiro atoms. The van der Waals surface area contributed by atoms with Crippen LogP contribution in [0.5, 0.6) is 0 Å². The normalized spacial score (nSPS) is 12.4. The summed E-state index contributed by atoms with van der Waals surface area (Å²) in [6.07, 6.45) is 4.76. The second-order valence-corrected chi connectivity index (χ2v) is 10.8. The second-order valence-electron chi connectivity index (χ2n) is 10.8. The Balaban J connectivity index is 1.33. The lowest BCUT2D eigenvalue weighted by atomic mass is 10.1. The van der Waals surface area contributed by atoms with Crippen LogP contribution >= 0.6 is 0 Å². The Bertz CT molecular complexity index is 1800. The van der Waals surface area contributed by atoms with E-state index in [1.54, 1.807) is 24.7 Å². The lowest BCUT2D eigenvalue weighted by molar-refractivity contribution is 0.0598. The van der Waals surface area contributed by atoms with E-state index in [2.05, 4.69) is 19.9 Å². The van der Waals surface area contributed by atoms with Gasteiger partial charge in [-0.2, -0.15) is 0 Å². The number of hydrogen-bond acceptors (Lipinski definition) is 7. The number of anilines is 2. The highest BCUT2D eigenvalue weighted by Crippen LogP contribution is 2.31. The van der Waals surface area contributed by atoms with Crippen LogP contribution in [0.1, 0.15) is 48.1 Å². The Morgan fingerprint density at radius 1 is 0.976 bits per heavy atom. The molecule has 1 aliphatic rings. The molecule has 0 radical (unpaired) electrons. The van der Waals surface area contributed by atoms with Crippen LogP contribution < -0.4 is 4.90 Å². The van der Waals surface area contributed by atoms with Gasteiger partial charge in [0.2, 0.25) is 0 Å². The van der Waals surface area contributed by atoms with E-state index in [0.29, 0.717) is 35.3 Å². The van der Waals surface area contributed by atoms with Crippen LogP contribution in [-0.4, -0.2) is 43.6 Å². The van der Waals surface area contributed by atoms with Crippen LogP contribution in [-0.2, 0) is 17.7 Å². The highest BCUT2D eigenvalue weighted by atomic mass is 16.6. The summed E-state index contributed by atoms with van der Waals surface area (Å²) in [7, 11) is 0. The van der Waals surface area contributed by atoms with Crippen molar-refractivity contribution in [1.29, 1.82) is 0 Å². The van der Waals surface area contributed by atoms with Gasteiger partial charge in [0.25, 0.3) is 0 Å². The smallest absolute Gasteiger partial charge is 0.420 e. The van der Waals surface area contributed by atoms with E-state index in [1.165, 1.54) is 4.90 Å². The van der Waals surface area contributed by atoms with Crippen LogP contribution in [0.25, 0.3) is 22.3 Å². The van der Waals surface area contributed by atoms with Crippen LogP contribution in [0.2, 0.25) is 0 Å². The molecule has 9 nitrogen and oxygen atoms in total. The van der Waals surface area contributed by atoms with Gasteiger partial charge in [0, 0.05) is 40.8 Å². The maximum Gasteiger partial charge on any atom is 0.420 e. The van der Waals surface area contributed by atoms with Gasteiger partial charge in [0.05, 0.1) is 24.3 Å². The first-order chi connectivity index (χ1) is 19.7. The number of ketones is 1. The zero-order valence-electron chi connectivity index (χ0n) is 23.0. The number of fused-ring (bicyclic) bond motifs is 2. The number of aliphatic imine (C=N–C) groups is 1. The van der Waals surface area contributed by atoms with Crippen molar-refractivity contribution < 1.29 is 14.3 Å². The first-order valence-electron chi connectivity index (χ1n) is 13.3. The highest BCUT2D eigenvalue weighted by Gasteiger charge is 2.27. The molecule has 1 aliphatic heterocycles. The van der Waals surface area contributed by atoms with Crippen molar-refractivity contribution in [2.45, 2.75) is 39.3 Å². The standard InChI is InChI=1S/C32H28N6O3/c1-32(2,3)41-31(40)38(25-10-9-22-18-33-19-23(22)14-25)29-11-13-35-30(37-29)21-8-7-20-15-27(36-26(20)16-21)28(39)17-24-6-4-5-12-34-24/h4-16,19,36H,17-18H2,1-3H3. The van der Waals surface area contributed by atoms with Crippen molar-refractivity contribution in [3.63, 3.8) is 0 Å². The third-order valence-electron chi connectivity index (χ3n) is 6.57. The molecule has 3 aromatic heterocycles. The predicted octanol–water partition coefficient (Wildman–Crippen LogP) is 6.45. The fraction of sp³-hybridized carbons (Fsp3) is 0.188. The molecule has 0 unspecified atom stereocenters. The molecule has 0 saturated carbocycles. The summed E-state index contributed by atoms with van der Waals surface area (Å²) < 4.78 is 5.75. The number of aromatic amines is 1. The van der Waals surface area contributed by atoms with Crippen LogP contribution in [0.3, 0.4) is 0 Å². The molecule has 6 rings (SSSR count). The van der Waals surface area contributed by atoms with E-state index in [4.69, 9.17) is 9.72 Å². The van der Waals surface area contributed by atoms with E-state index in [1.807, 2.05) is 81.4 Å². The number of nitrogens with one attached hydrogen (secondary N) is 1. The monoisotopic (exact) mass is 544 g/mol. The van der Waals surface area contributed by atoms with Gasteiger partial charge in [-0.3, -0.25) is 14.8 Å². The highest BCUT2D eigenvalue weighted by molar-refractivity contribution is 6.01. The zero-order chi connectivity index (χ0) is 28.6. The Kier molecular flexibility index (Phi) is 6.62. The molecule has 1 N–H and O–H groups in total. The molecule has 0 aliphatic carbocycles. The van der Waals surface area contributed by atoms with Gasteiger partial charge in [0.1, 0.15) is 11.4 Å². The number of carbonyl (C=O) groups is 2. The van der Waals surface area contributed by atoms with E-state index in [9.17, 15) is 9.59 Å². The molecule has 0 saturated heterocycles. The Labute approximate surface area is 237 Å². The summed E-state index contributed by atoms with van der Waals surface area (Å²) in [4.78, 5) is 48.8. The number of ether oxygens (including phenoxy) is 1. The first-order valence-corrected chi connectivity index (χ1v) is 13.3. The van der Waals surface area contributed by atoms with Crippen LogP contribution in [0.15, 0.2) is 84.1 Å². The fourth-order valence-electron chi connectivity index (χ4n) is 4.66. The van der Waals surface area contributed by atoms with Crippen LogP contribution in [0.4, 0.5) is 16.3 Å². The number of pyridine rings is 1. The maximum atomic E-state index is 13.4. The van der Waals surface area contributed by atoms with Gasteiger partial charge in [-0.1, -0.05) is 24.3 Å². The average Bonchev–Trinajstić information content (AvgIpc) is 3.59. The van der Waals surface area contributed by atoms with E-state index in [-0.39, 0.29) is 12.2 Å². The van der Waals surface area contributed by atoms with Gasteiger partial charge < -0.3 is 9.72 Å². The van der Waals surface area contributed by atoms with Crippen LogP contribution in [0, 0.1) is 0 Å². The number of Topliss-reactive ketones (excluding diaryl/α,β-unsaturated/α-hetero) is 1. The van der Waals surface area contributed by atoms with Gasteiger partial charge in [-0.15, -0.1) is 0 Å². The molecule has 5 aromatic rings. The van der Waals surface area contributed by atoms with Crippen molar-refractivity contribution in [2.24, 2.45) is 4.99 Å².